The summed E-state index contributed by atoms with van der Waals surface area (Å²) in [6, 6.07) is 15.3. The highest BCUT2D eigenvalue weighted by Gasteiger charge is 2.43. The van der Waals surface area contributed by atoms with E-state index >= 15 is 0 Å². The first-order valence-electron chi connectivity index (χ1n) is 9.93. The van der Waals surface area contributed by atoms with Crippen LogP contribution in [0.15, 0.2) is 48.5 Å². The van der Waals surface area contributed by atoms with Crippen molar-refractivity contribution in [2.24, 2.45) is 5.92 Å². The molecule has 1 atom stereocenters. The number of halogens is 1. The summed E-state index contributed by atoms with van der Waals surface area (Å²) in [5.41, 5.74) is 3.10. The molecule has 0 N–H and O–H groups in total. The van der Waals surface area contributed by atoms with E-state index in [0.29, 0.717) is 11.6 Å². The molecular weight excluding hydrogens is 372 g/mol. The highest BCUT2D eigenvalue weighted by Crippen LogP contribution is 2.30. The first kappa shape index (κ1) is 19.2. The third-order valence-corrected chi connectivity index (χ3v) is 6.19. The number of hydrogen-bond donors (Lipinski definition) is 0. The van der Waals surface area contributed by atoms with E-state index in [0.717, 1.165) is 42.9 Å². The van der Waals surface area contributed by atoms with Crippen LogP contribution in [0.25, 0.3) is 0 Å². The highest BCUT2D eigenvalue weighted by molar-refractivity contribution is 6.30. The van der Waals surface area contributed by atoms with Gasteiger partial charge in [0, 0.05) is 5.02 Å². The lowest BCUT2D eigenvalue weighted by molar-refractivity contribution is -0.123. The molecule has 2 aromatic carbocycles. The molecule has 2 aliphatic rings. The van der Waals surface area contributed by atoms with Crippen molar-refractivity contribution < 1.29 is 9.59 Å². The summed E-state index contributed by atoms with van der Waals surface area (Å²) in [4.78, 5) is 29.0. The molecule has 0 saturated carbocycles. The van der Waals surface area contributed by atoms with Gasteiger partial charge < -0.3 is 0 Å². The van der Waals surface area contributed by atoms with Crippen molar-refractivity contribution in [1.82, 2.24) is 4.90 Å². The fourth-order valence-corrected chi connectivity index (χ4v) is 4.41. The zero-order valence-electron chi connectivity index (χ0n) is 16.1. The van der Waals surface area contributed by atoms with Crippen LogP contribution in [0.5, 0.6) is 0 Å². The molecule has 4 rings (SSSR count). The van der Waals surface area contributed by atoms with Crippen molar-refractivity contribution in [3.63, 3.8) is 0 Å². The van der Waals surface area contributed by atoms with Gasteiger partial charge in [0.1, 0.15) is 0 Å². The number of amides is 2. The van der Waals surface area contributed by atoms with Crippen molar-refractivity contribution in [2.45, 2.75) is 38.6 Å². The summed E-state index contributed by atoms with van der Waals surface area (Å²) in [6.07, 6.45) is 3.42. The Balaban J connectivity index is 1.37. The molecule has 0 aromatic heterocycles. The molecule has 2 aliphatic heterocycles. The predicted molar refractivity (Wildman–Crippen MR) is 112 cm³/mol. The van der Waals surface area contributed by atoms with Crippen LogP contribution in [0.4, 0.5) is 5.69 Å². The molecule has 146 valence electrons. The number of imide groups is 1. The monoisotopic (exact) mass is 396 g/mol. The average Bonchev–Trinajstić information content (AvgIpc) is 2.99. The summed E-state index contributed by atoms with van der Waals surface area (Å²) in [5, 5.41) is 0.765. The smallest absolute Gasteiger partial charge is 0.251 e. The number of benzene rings is 2. The van der Waals surface area contributed by atoms with Gasteiger partial charge in [-0.15, -0.1) is 0 Å². The van der Waals surface area contributed by atoms with E-state index in [4.69, 9.17) is 11.6 Å². The quantitative estimate of drug-likeness (QED) is 0.726. The van der Waals surface area contributed by atoms with Gasteiger partial charge in [-0.05, 0) is 75.0 Å². The van der Waals surface area contributed by atoms with Gasteiger partial charge in [-0.3, -0.25) is 14.5 Å². The van der Waals surface area contributed by atoms with E-state index in [-0.39, 0.29) is 24.3 Å². The van der Waals surface area contributed by atoms with Crippen LogP contribution in [0.3, 0.4) is 0 Å². The lowest BCUT2D eigenvalue weighted by Crippen LogP contribution is -2.46. The summed E-state index contributed by atoms with van der Waals surface area (Å²) < 4.78 is 0. The van der Waals surface area contributed by atoms with Gasteiger partial charge in [-0.25, -0.2) is 4.90 Å². The van der Waals surface area contributed by atoms with Crippen LogP contribution in [0, 0.1) is 12.8 Å². The fraction of sp³-hybridized carbons (Fsp3) is 0.391. The van der Waals surface area contributed by atoms with Crippen LogP contribution < -0.4 is 4.90 Å². The van der Waals surface area contributed by atoms with Crippen LogP contribution in [0.1, 0.15) is 30.4 Å². The van der Waals surface area contributed by atoms with Gasteiger partial charge in [0.15, 0.2) is 0 Å². The molecule has 4 nitrogen and oxygen atoms in total. The predicted octanol–water partition coefficient (Wildman–Crippen LogP) is 4.24. The molecule has 0 spiro atoms. The van der Waals surface area contributed by atoms with Gasteiger partial charge >= 0.3 is 0 Å². The molecular formula is C23H25ClN2O2. The van der Waals surface area contributed by atoms with Crippen molar-refractivity contribution in [3.05, 3.63) is 64.7 Å². The number of carbonyl (C=O) groups excluding carboxylic acids is 2. The SMILES string of the molecule is Cc1ccc(N2C(=O)CC(N3CCC(Cc4ccc(Cl)cc4)CC3)C2=O)cc1. The van der Waals surface area contributed by atoms with Gasteiger partial charge in [0.25, 0.3) is 5.91 Å². The Morgan fingerprint density at radius 1 is 0.964 bits per heavy atom. The maximum absolute atomic E-state index is 13.0. The maximum atomic E-state index is 13.0. The fourth-order valence-electron chi connectivity index (χ4n) is 4.29. The second-order valence-electron chi connectivity index (χ2n) is 7.93. The maximum Gasteiger partial charge on any atom is 0.251 e. The van der Waals surface area contributed by atoms with Crippen LogP contribution >= 0.6 is 11.6 Å². The number of nitrogens with zero attached hydrogens (tertiary/aromatic N) is 2. The minimum absolute atomic E-state index is 0.0787. The zero-order valence-corrected chi connectivity index (χ0v) is 16.9. The van der Waals surface area contributed by atoms with E-state index in [9.17, 15) is 9.59 Å². The molecule has 2 aromatic rings. The number of carbonyl (C=O) groups is 2. The number of rotatable bonds is 4. The van der Waals surface area contributed by atoms with Crippen LogP contribution in [-0.2, 0) is 16.0 Å². The van der Waals surface area contributed by atoms with Crippen molar-refractivity contribution in [2.75, 3.05) is 18.0 Å². The van der Waals surface area contributed by atoms with E-state index in [1.807, 2.05) is 43.3 Å². The molecule has 5 heteroatoms. The summed E-state index contributed by atoms with van der Waals surface area (Å²) >= 11 is 5.97. The largest absolute Gasteiger partial charge is 0.292 e. The average molecular weight is 397 g/mol. The van der Waals surface area contributed by atoms with Crippen molar-refractivity contribution in [3.8, 4) is 0 Å². The topological polar surface area (TPSA) is 40.6 Å². The van der Waals surface area contributed by atoms with E-state index < -0.39 is 0 Å². The Hall–Kier alpha value is -2.17. The number of piperidine rings is 1. The Kier molecular flexibility index (Phi) is 5.51. The molecule has 2 amide bonds. The molecule has 0 aliphatic carbocycles. The minimum Gasteiger partial charge on any atom is -0.292 e. The Morgan fingerprint density at radius 2 is 1.61 bits per heavy atom. The Bertz CT molecular complexity index is 855. The van der Waals surface area contributed by atoms with Gasteiger partial charge in [-0.2, -0.15) is 0 Å². The minimum atomic E-state index is -0.315. The first-order chi connectivity index (χ1) is 13.5. The third kappa shape index (κ3) is 3.98. The zero-order chi connectivity index (χ0) is 19.7. The molecule has 2 saturated heterocycles. The number of anilines is 1. The third-order valence-electron chi connectivity index (χ3n) is 5.94. The Labute approximate surface area is 171 Å². The summed E-state index contributed by atoms with van der Waals surface area (Å²) in [5.74, 6) is 0.435. The second kappa shape index (κ2) is 8.06. The molecule has 2 heterocycles. The number of likely N-dealkylation sites (tertiary alicyclic amines) is 1. The standard InChI is InChI=1S/C23H25ClN2O2/c1-16-2-8-20(9-3-16)26-22(27)15-21(23(26)28)25-12-10-18(11-13-25)14-17-4-6-19(24)7-5-17/h2-9,18,21H,10-15H2,1H3. The van der Waals surface area contributed by atoms with Gasteiger partial charge in [0.05, 0.1) is 18.2 Å². The first-order valence-corrected chi connectivity index (χ1v) is 10.3. The van der Waals surface area contributed by atoms with Crippen molar-refractivity contribution in [1.29, 1.82) is 0 Å². The number of aryl methyl sites for hydroxylation is 1. The van der Waals surface area contributed by atoms with Gasteiger partial charge in [-0.1, -0.05) is 41.4 Å². The van der Waals surface area contributed by atoms with Crippen LogP contribution in [0.2, 0.25) is 5.02 Å². The lowest BCUT2D eigenvalue weighted by atomic mass is 9.89. The van der Waals surface area contributed by atoms with E-state index in [1.54, 1.807) is 0 Å². The normalized spacial score (nSPS) is 21.5. The van der Waals surface area contributed by atoms with E-state index in [1.165, 1.54) is 10.5 Å². The Morgan fingerprint density at radius 3 is 2.25 bits per heavy atom. The van der Waals surface area contributed by atoms with Crippen LogP contribution in [-0.4, -0.2) is 35.8 Å². The molecule has 1 unspecified atom stereocenters. The molecule has 2 fully saturated rings. The summed E-state index contributed by atoms with van der Waals surface area (Å²) in [7, 11) is 0. The molecule has 28 heavy (non-hydrogen) atoms. The van der Waals surface area contributed by atoms with Gasteiger partial charge in [0.2, 0.25) is 5.91 Å². The highest BCUT2D eigenvalue weighted by atomic mass is 35.5. The number of hydrogen-bond acceptors (Lipinski definition) is 3. The van der Waals surface area contributed by atoms with Crippen molar-refractivity contribution >= 4 is 29.1 Å². The second-order valence-corrected chi connectivity index (χ2v) is 8.37. The molecule has 0 radical (unpaired) electrons. The summed E-state index contributed by atoms with van der Waals surface area (Å²) in [6.45, 7) is 3.72. The lowest BCUT2D eigenvalue weighted by Gasteiger charge is -2.34. The van der Waals surface area contributed by atoms with E-state index in [2.05, 4.69) is 17.0 Å². The molecule has 0 bridgehead atoms.